The van der Waals surface area contributed by atoms with E-state index < -0.39 is 0 Å². The van der Waals surface area contributed by atoms with Crippen LogP contribution in [0.2, 0.25) is 0 Å². The van der Waals surface area contributed by atoms with Crippen molar-refractivity contribution in [3.05, 3.63) is 39.8 Å². The number of nitrogens with zero attached hydrogens (tertiary/aromatic N) is 2. The van der Waals surface area contributed by atoms with Crippen LogP contribution in [0.1, 0.15) is 41.3 Å². The molecular weight excluding hydrogens is 282 g/mol. The number of hydrogen-bond acceptors (Lipinski definition) is 5. The third-order valence-corrected chi connectivity index (χ3v) is 4.82. The predicted octanol–water partition coefficient (Wildman–Crippen LogP) is 3.14. The molecule has 1 aromatic heterocycles. The van der Waals surface area contributed by atoms with E-state index in [0.29, 0.717) is 12.0 Å². The molecule has 1 N–H and O–H groups in total. The number of ether oxygens (including phenoxy) is 1. The number of aromatic nitrogens is 2. The lowest BCUT2D eigenvalue weighted by Gasteiger charge is -2.14. The Balaban J connectivity index is 1.52. The summed E-state index contributed by atoms with van der Waals surface area (Å²) in [6.45, 7) is 2.98. The molecule has 0 spiro atoms. The molecule has 0 amide bonds. The first kappa shape index (κ1) is 14.5. The van der Waals surface area contributed by atoms with Crippen molar-refractivity contribution in [2.45, 2.75) is 44.7 Å². The van der Waals surface area contributed by atoms with Gasteiger partial charge in [0.05, 0.1) is 7.11 Å². The zero-order chi connectivity index (χ0) is 14.7. The molecule has 1 heterocycles. The highest BCUT2D eigenvalue weighted by Crippen LogP contribution is 2.41. The molecule has 0 bridgehead atoms. The van der Waals surface area contributed by atoms with Crippen molar-refractivity contribution in [3.8, 4) is 5.75 Å². The van der Waals surface area contributed by atoms with E-state index in [0.717, 1.165) is 23.7 Å². The van der Waals surface area contributed by atoms with Crippen molar-refractivity contribution in [2.75, 3.05) is 7.11 Å². The van der Waals surface area contributed by atoms with Gasteiger partial charge in [0.2, 0.25) is 0 Å². The molecule has 21 heavy (non-hydrogen) atoms. The SMILES string of the molecule is COc1ccccc1CC(C)NCc1nnc(C2CC2)s1. The number of para-hydroxylation sites is 1. The number of nitrogens with one attached hydrogen (secondary N) is 1. The van der Waals surface area contributed by atoms with Crippen LogP contribution in [-0.2, 0) is 13.0 Å². The molecule has 4 nitrogen and oxygen atoms in total. The van der Waals surface area contributed by atoms with Crippen LogP contribution in [0.15, 0.2) is 24.3 Å². The third-order valence-electron chi connectivity index (χ3n) is 3.73. The van der Waals surface area contributed by atoms with Gasteiger partial charge in [-0.2, -0.15) is 0 Å². The Bertz CT molecular complexity index is 595. The first-order chi connectivity index (χ1) is 10.3. The summed E-state index contributed by atoms with van der Waals surface area (Å²) in [7, 11) is 1.72. The van der Waals surface area contributed by atoms with Gasteiger partial charge in [-0.3, -0.25) is 0 Å². The van der Waals surface area contributed by atoms with Crippen LogP contribution in [-0.4, -0.2) is 23.3 Å². The molecule has 1 fully saturated rings. The minimum Gasteiger partial charge on any atom is -0.496 e. The smallest absolute Gasteiger partial charge is 0.131 e. The van der Waals surface area contributed by atoms with Crippen molar-refractivity contribution < 1.29 is 4.74 Å². The standard InChI is InChI=1S/C16H21N3OS/c1-11(9-13-5-3-4-6-14(13)20-2)17-10-15-18-19-16(21-15)12-7-8-12/h3-6,11-12,17H,7-10H2,1-2H3. The molecule has 1 atom stereocenters. The van der Waals surface area contributed by atoms with E-state index in [1.165, 1.54) is 23.4 Å². The molecule has 1 aliphatic rings. The average Bonchev–Trinajstić information content (AvgIpc) is 3.25. The fourth-order valence-corrected chi connectivity index (χ4v) is 3.33. The van der Waals surface area contributed by atoms with Crippen molar-refractivity contribution in [2.24, 2.45) is 0 Å². The average molecular weight is 303 g/mol. The van der Waals surface area contributed by atoms with Crippen molar-refractivity contribution >= 4 is 11.3 Å². The number of methoxy groups -OCH3 is 1. The van der Waals surface area contributed by atoms with Crippen molar-refractivity contribution in [1.29, 1.82) is 0 Å². The van der Waals surface area contributed by atoms with Crippen LogP contribution in [0, 0.1) is 0 Å². The molecule has 3 rings (SSSR count). The van der Waals surface area contributed by atoms with E-state index in [9.17, 15) is 0 Å². The zero-order valence-electron chi connectivity index (χ0n) is 12.5. The van der Waals surface area contributed by atoms with Gasteiger partial charge < -0.3 is 10.1 Å². The summed E-state index contributed by atoms with van der Waals surface area (Å²) in [6.07, 6.45) is 3.51. The largest absolute Gasteiger partial charge is 0.496 e. The quantitative estimate of drug-likeness (QED) is 0.853. The van der Waals surface area contributed by atoms with Gasteiger partial charge >= 0.3 is 0 Å². The van der Waals surface area contributed by atoms with Gasteiger partial charge in [-0.15, -0.1) is 10.2 Å². The zero-order valence-corrected chi connectivity index (χ0v) is 13.3. The molecule has 1 aromatic carbocycles. The normalized spacial score (nSPS) is 15.9. The Morgan fingerprint density at radius 1 is 1.33 bits per heavy atom. The molecule has 2 aromatic rings. The fraction of sp³-hybridized carbons (Fsp3) is 0.500. The summed E-state index contributed by atoms with van der Waals surface area (Å²) < 4.78 is 5.40. The minimum absolute atomic E-state index is 0.370. The van der Waals surface area contributed by atoms with Gasteiger partial charge in [0.1, 0.15) is 15.8 Å². The van der Waals surface area contributed by atoms with Gasteiger partial charge in [0, 0.05) is 18.5 Å². The molecule has 0 radical (unpaired) electrons. The first-order valence-corrected chi connectivity index (χ1v) is 8.25. The highest BCUT2D eigenvalue weighted by atomic mass is 32.1. The van der Waals surface area contributed by atoms with E-state index in [1.54, 1.807) is 18.4 Å². The molecule has 1 saturated carbocycles. The summed E-state index contributed by atoms with van der Waals surface area (Å²) in [5.74, 6) is 1.65. The molecular formula is C16H21N3OS. The van der Waals surface area contributed by atoms with Gasteiger partial charge in [-0.1, -0.05) is 29.5 Å². The maximum atomic E-state index is 5.40. The molecule has 112 valence electrons. The Morgan fingerprint density at radius 3 is 2.90 bits per heavy atom. The van der Waals surface area contributed by atoms with Crippen molar-refractivity contribution in [1.82, 2.24) is 15.5 Å². The third kappa shape index (κ3) is 3.80. The summed E-state index contributed by atoms with van der Waals surface area (Å²) in [4.78, 5) is 0. The molecule has 1 aliphatic carbocycles. The Labute approximate surface area is 129 Å². The fourth-order valence-electron chi connectivity index (χ4n) is 2.37. The Kier molecular flexibility index (Phi) is 4.51. The summed E-state index contributed by atoms with van der Waals surface area (Å²) in [6, 6.07) is 8.55. The number of benzene rings is 1. The topological polar surface area (TPSA) is 47.0 Å². The van der Waals surface area contributed by atoms with Crippen molar-refractivity contribution in [3.63, 3.8) is 0 Å². The van der Waals surface area contributed by atoms with E-state index in [4.69, 9.17) is 4.74 Å². The first-order valence-electron chi connectivity index (χ1n) is 7.44. The minimum atomic E-state index is 0.370. The van der Waals surface area contributed by atoms with Crippen LogP contribution in [0.25, 0.3) is 0 Å². The van der Waals surface area contributed by atoms with Gasteiger partial charge in [0.15, 0.2) is 0 Å². The lowest BCUT2D eigenvalue weighted by atomic mass is 10.1. The number of hydrogen-bond donors (Lipinski definition) is 1. The monoisotopic (exact) mass is 303 g/mol. The van der Waals surface area contributed by atoms with Gasteiger partial charge in [0.25, 0.3) is 0 Å². The molecule has 5 heteroatoms. The second-order valence-electron chi connectivity index (χ2n) is 5.61. The molecule has 0 aliphatic heterocycles. The van der Waals surface area contributed by atoms with E-state index in [2.05, 4.69) is 34.6 Å². The summed E-state index contributed by atoms with van der Waals surface area (Å²) in [5, 5.41) is 14.4. The van der Waals surface area contributed by atoms with Crippen LogP contribution >= 0.6 is 11.3 Å². The van der Waals surface area contributed by atoms with Crippen LogP contribution in [0.4, 0.5) is 0 Å². The van der Waals surface area contributed by atoms with Gasteiger partial charge in [-0.05, 0) is 37.8 Å². The summed E-state index contributed by atoms with van der Waals surface area (Å²) >= 11 is 1.75. The second-order valence-corrected chi connectivity index (χ2v) is 6.70. The Hall–Kier alpha value is -1.46. The van der Waals surface area contributed by atoms with Crippen LogP contribution < -0.4 is 10.1 Å². The maximum Gasteiger partial charge on any atom is 0.131 e. The number of rotatable bonds is 7. The second kappa shape index (κ2) is 6.54. The van der Waals surface area contributed by atoms with E-state index in [-0.39, 0.29) is 0 Å². The lowest BCUT2D eigenvalue weighted by molar-refractivity contribution is 0.406. The highest BCUT2D eigenvalue weighted by Gasteiger charge is 2.27. The Morgan fingerprint density at radius 2 is 2.14 bits per heavy atom. The van der Waals surface area contributed by atoms with Crippen LogP contribution in [0.3, 0.4) is 0 Å². The molecule has 1 unspecified atom stereocenters. The van der Waals surface area contributed by atoms with Crippen LogP contribution in [0.5, 0.6) is 5.75 Å². The van der Waals surface area contributed by atoms with E-state index >= 15 is 0 Å². The molecule has 0 saturated heterocycles. The van der Waals surface area contributed by atoms with Gasteiger partial charge in [-0.25, -0.2) is 0 Å². The highest BCUT2D eigenvalue weighted by molar-refractivity contribution is 7.11. The van der Waals surface area contributed by atoms with E-state index in [1.807, 2.05) is 12.1 Å². The maximum absolute atomic E-state index is 5.40. The lowest BCUT2D eigenvalue weighted by Crippen LogP contribution is -2.27. The predicted molar refractivity (Wildman–Crippen MR) is 84.9 cm³/mol. The summed E-state index contributed by atoms with van der Waals surface area (Å²) in [5.41, 5.74) is 1.23.